The molecule has 0 aliphatic heterocycles. The molecule has 8 heteroatoms. The molecule has 4 aliphatic carbocycles. The first-order chi connectivity index (χ1) is 20.1. The SMILES string of the molecule is CC(=O)C1C(=O)C(C(C)C)[C@@]2(C)[C@H](CC(=O)CCC3CCCC3)[C@]3(C)C(C(=O)c4c(O)cccc4[C@H]3C)C(=O)[C@@]2(O)C1=O. The molecular formula is C35H44O8. The van der Waals surface area contributed by atoms with Crippen LogP contribution in [0.25, 0.3) is 0 Å². The summed E-state index contributed by atoms with van der Waals surface area (Å²) in [5, 5.41) is 23.3. The molecule has 0 spiro atoms. The first-order valence-corrected chi connectivity index (χ1v) is 15.8. The molecule has 1 aromatic rings. The number of carbonyl (C=O) groups excluding carboxylic acids is 6. The van der Waals surface area contributed by atoms with E-state index in [0.717, 1.165) is 32.6 Å². The van der Waals surface area contributed by atoms with Gasteiger partial charge in [0.15, 0.2) is 28.7 Å². The molecule has 0 saturated heterocycles. The Morgan fingerprint density at radius 3 is 2.23 bits per heavy atom. The molecule has 1 aromatic carbocycles. The van der Waals surface area contributed by atoms with Gasteiger partial charge in [0.05, 0.1) is 11.5 Å². The van der Waals surface area contributed by atoms with Gasteiger partial charge in [-0.2, -0.15) is 0 Å². The number of Topliss-reactive ketones (excluding diaryl/α,β-unsaturated/α-hetero) is 6. The average Bonchev–Trinajstić information content (AvgIpc) is 3.45. The summed E-state index contributed by atoms with van der Waals surface area (Å²) in [6.07, 6.45) is 5.28. The summed E-state index contributed by atoms with van der Waals surface area (Å²) in [6, 6.07) is 4.69. The molecule has 8 atom stereocenters. The van der Waals surface area contributed by atoms with Gasteiger partial charge in [0, 0.05) is 24.2 Å². The molecule has 0 aromatic heterocycles. The highest BCUT2D eigenvalue weighted by Gasteiger charge is 2.80. The number of phenols is 1. The molecule has 5 rings (SSSR count). The van der Waals surface area contributed by atoms with Crippen LogP contribution in [0.15, 0.2) is 18.2 Å². The second-order valence-corrected chi connectivity index (χ2v) is 14.5. The molecule has 0 amide bonds. The Morgan fingerprint density at radius 2 is 1.65 bits per heavy atom. The van der Waals surface area contributed by atoms with Gasteiger partial charge in [0.25, 0.3) is 0 Å². The minimum absolute atomic E-state index is 0.0350. The van der Waals surface area contributed by atoms with Crippen LogP contribution in [-0.2, 0) is 24.0 Å². The predicted octanol–water partition coefficient (Wildman–Crippen LogP) is 4.81. The van der Waals surface area contributed by atoms with Gasteiger partial charge < -0.3 is 10.2 Å². The molecule has 232 valence electrons. The van der Waals surface area contributed by atoms with Crippen molar-refractivity contribution in [2.24, 2.45) is 46.3 Å². The van der Waals surface area contributed by atoms with Gasteiger partial charge in [0.2, 0.25) is 0 Å². The van der Waals surface area contributed by atoms with E-state index in [2.05, 4.69) is 0 Å². The lowest BCUT2D eigenvalue weighted by Gasteiger charge is -2.67. The number of ketones is 6. The zero-order chi connectivity index (χ0) is 31.8. The number of aliphatic hydroxyl groups is 1. The third-order valence-corrected chi connectivity index (χ3v) is 12.1. The fourth-order valence-electron chi connectivity index (χ4n) is 9.95. The standard InChI is InChI=1S/C35H44O8/c1-17(2)27-29(39)25(19(4)36)31(41)35(43)32(42)28-30(40)26-22(12-9-13-23(26)38)18(3)33(28,5)24(34(27,35)6)16-21(37)15-14-20-10-7-8-11-20/h9,12-13,17-18,20,24-25,27-28,38,43H,7-8,10-11,14-16H2,1-6H3/t18-,24-,25?,27?,28?,33-,34-,35+/m1/s1. The van der Waals surface area contributed by atoms with Crippen molar-refractivity contribution in [1.82, 2.24) is 0 Å². The molecule has 3 fully saturated rings. The molecule has 3 saturated carbocycles. The van der Waals surface area contributed by atoms with E-state index in [1.165, 1.54) is 6.07 Å². The van der Waals surface area contributed by atoms with Gasteiger partial charge in [0.1, 0.15) is 23.2 Å². The summed E-state index contributed by atoms with van der Waals surface area (Å²) in [4.78, 5) is 83.8. The highest BCUT2D eigenvalue weighted by Crippen LogP contribution is 2.70. The third kappa shape index (κ3) is 4.11. The van der Waals surface area contributed by atoms with Crippen molar-refractivity contribution >= 4 is 34.7 Å². The molecule has 0 heterocycles. The summed E-state index contributed by atoms with van der Waals surface area (Å²) in [5.41, 5.74) is -5.42. The number of hydrogen-bond acceptors (Lipinski definition) is 8. The van der Waals surface area contributed by atoms with E-state index in [9.17, 15) is 39.0 Å². The Morgan fingerprint density at radius 1 is 1.02 bits per heavy atom. The molecule has 2 N–H and O–H groups in total. The predicted molar refractivity (Wildman–Crippen MR) is 157 cm³/mol. The van der Waals surface area contributed by atoms with Crippen molar-refractivity contribution in [3.8, 4) is 5.75 Å². The topological polar surface area (TPSA) is 143 Å². The highest BCUT2D eigenvalue weighted by molar-refractivity contribution is 6.32. The largest absolute Gasteiger partial charge is 0.507 e. The fraction of sp³-hybridized carbons (Fsp3) is 0.657. The van der Waals surface area contributed by atoms with E-state index in [1.807, 2.05) is 6.92 Å². The van der Waals surface area contributed by atoms with Gasteiger partial charge in [-0.25, -0.2) is 0 Å². The molecule has 3 unspecified atom stereocenters. The number of fused-ring (bicyclic) bond motifs is 3. The summed E-state index contributed by atoms with van der Waals surface area (Å²) < 4.78 is 0. The molecule has 0 radical (unpaired) electrons. The van der Waals surface area contributed by atoms with Crippen molar-refractivity contribution in [3.05, 3.63) is 29.3 Å². The van der Waals surface area contributed by atoms with Crippen LogP contribution in [0.1, 0.15) is 108 Å². The Balaban J connectivity index is 1.76. The average molecular weight is 593 g/mol. The number of phenolic OH excluding ortho intramolecular Hbond substituents is 1. The number of carbonyl (C=O) groups is 6. The van der Waals surface area contributed by atoms with Crippen molar-refractivity contribution in [2.75, 3.05) is 0 Å². The van der Waals surface area contributed by atoms with Gasteiger partial charge in [-0.3, -0.25) is 28.8 Å². The maximum absolute atomic E-state index is 14.7. The summed E-state index contributed by atoms with van der Waals surface area (Å²) in [5.74, 6) is -10.8. The first-order valence-electron chi connectivity index (χ1n) is 15.8. The molecule has 8 nitrogen and oxygen atoms in total. The van der Waals surface area contributed by atoms with Crippen LogP contribution >= 0.6 is 0 Å². The Labute approximate surface area is 253 Å². The van der Waals surface area contributed by atoms with Crippen LogP contribution in [0.3, 0.4) is 0 Å². The van der Waals surface area contributed by atoms with Crippen molar-refractivity contribution in [3.63, 3.8) is 0 Å². The Kier molecular flexibility index (Phi) is 7.72. The van der Waals surface area contributed by atoms with E-state index in [1.54, 1.807) is 39.8 Å². The molecule has 4 aliphatic rings. The highest BCUT2D eigenvalue weighted by atomic mass is 16.3. The van der Waals surface area contributed by atoms with Crippen LogP contribution in [0.2, 0.25) is 0 Å². The van der Waals surface area contributed by atoms with Crippen LogP contribution in [0, 0.1) is 46.3 Å². The number of benzene rings is 1. The maximum Gasteiger partial charge on any atom is 0.190 e. The molecule has 0 bridgehead atoms. The molecular weight excluding hydrogens is 548 g/mol. The normalized spacial score (nSPS) is 37.7. The Hall–Kier alpha value is -3.00. The number of aromatic hydroxyl groups is 1. The van der Waals surface area contributed by atoms with Crippen molar-refractivity contribution in [2.45, 2.75) is 98.0 Å². The maximum atomic E-state index is 14.7. The van der Waals surface area contributed by atoms with Gasteiger partial charge in [-0.15, -0.1) is 0 Å². The van der Waals surface area contributed by atoms with Crippen molar-refractivity contribution in [1.29, 1.82) is 0 Å². The zero-order valence-corrected chi connectivity index (χ0v) is 26.1. The van der Waals surface area contributed by atoms with E-state index >= 15 is 0 Å². The first kappa shape index (κ1) is 31.4. The van der Waals surface area contributed by atoms with Gasteiger partial charge in [-0.05, 0) is 54.1 Å². The second kappa shape index (κ2) is 10.6. The lowest BCUT2D eigenvalue weighted by atomic mass is 9.34. The van der Waals surface area contributed by atoms with Crippen LogP contribution in [-0.4, -0.2) is 50.5 Å². The number of hydrogen-bond donors (Lipinski definition) is 2. The zero-order valence-electron chi connectivity index (χ0n) is 26.1. The summed E-state index contributed by atoms with van der Waals surface area (Å²) >= 11 is 0. The van der Waals surface area contributed by atoms with E-state index in [4.69, 9.17) is 0 Å². The van der Waals surface area contributed by atoms with Gasteiger partial charge >= 0.3 is 0 Å². The fourth-order valence-corrected chi connectivity index (χ4v) is 9.95. The monoisotopic (exact) mass is 592 g/mol. The van der Waals surface area contributed by atoms with Crippen LogP contribution < -0.4 is 0 Å². The van der Waals surface area contributed by atoms with E-state index in [-0.39, 0.29) is 29.9 Å². The smallest absolute Gasteiger partial charge is 0.190 e. The number of rotatable bonds is 7. The lowest BCUT2D eigenvalue weighted by molar-refractivity contribution is -0.225. The lowest BCUT2D eigenvalue weighted by Crippen LogP contribution is -2.80. The van der Waals surface area contributed by atoms with E-state index < -0.39 is 80.9 Å². The summed E-state index contributed by atoms with van der Waals surface area (Å²) in [7, 11) is 0. The second-order valence-electron chi connectivity index (χ2n) is 14.5. The van der Waals surface area contributed by atoms with Gasteiger partial charge in [-0.1, -0.05) is 72.4 Å². The van der Waals surface area contributed by atoms with Crippen LogP contribution in [0.4, 0.5) is 0 Å². The quantitative estimate of drug-likeness (QED) is 0.430. The van der Waals surface area contributed by atoms with Crippen molar-refractivity contribution < 1.29 is 39.0 Å². The third-order valence-electron chi connectivity index (χ3n) is 12.1. The minimum Gasteiger partial charge on any atom is -0.507 e. The van der Waals surface area contributed by atoms with E-state index in [0.29, 0.717) is 17.9 Å². The summed E-state index contributed by atoms with van der Waals surface area (Å²) in [6.45, 7) is 9.74. The Bertz CT molecular complexity index is 1420. The molecule has 43 heavy (non-hydrogen) atoms. The van der Waals surface area contributed by atoms with Crippen LogP contribution in [0.5, 0.6) is 5.75 Å². The minimum atomic E-state index is -2.86.